The predicted octanol–water partition coefficient (Wildman–Crippen LogP) is -0.136. The average Bonchev–Trinajstić information content (AvgIpc) is 2.42. The number of amides is 1. The Morgan fingerprint density at radius 2 is 2.00 bits per heavy atom. The summed E-state index contributed by atoms with van der Waals surface area (Å²) in [6, 6.07) is -1.38. The molecule has 0 aliphatic carbocycles. The van der Waals surface area contributed by atoms with Gasteiger partial charge < -0.3 is 10.2 Å². The molecule has 1 amide bonds. The molecule has 0 aromatic rings. The Balaban J connectivity index is 2.88. The van der Waals surface area contributed by atoms with Crippen molar-refractivity contribution in [3.63, 3.8) is 0 Å². The Morgan fingerprint density at radius 1 is 1.40 bits per heavy atom. The van der Waals surface area contributed by atoms with Crippen LogP contribution in [0.3, 0.4) is 0 Å². The smallest absolute Gasteiger partial charge is 0.327 e. The standard InChI is InChI=1S/C8H9NO5S/c10-5-1-2-6(15)9(5)4(8(13)14)3-7(11)12/h4H,1-3H2,(H,11,12)(H,13,14). The van der Waals surface area contributed by atoms with Crippen LogP contribution in [0.1, 0.15) is 19.3 Å². The summed E-state index contributed by atoms with van der Waals surface area (Å²) in [7, 11) is 0. The molecule has 1 heterocycles. The highest BCUT2D eigenvalue weighted by molar-refractivity contribution is 7.80. The second-order valence-corrected chi connectivity index (χ2v) is 3.58. The van der Waals surface area contributed by atoms with Gasteiger partial charge in [-0.3, -0.25) is 14.5 Å². The van der Waals surface area contributed by atoms with E-state index in [9.17, 15) is 14.4 Å². The van der Waals surface area contributed by atoms with Crippen molar-refractivity contribution in [1.82, 2.24) is 4.90 Å². The molecule has 1 rings (SSSR count). The molecule has 0 bridgehead atoms. The second-order valence-electron chi connectivity index (χ2n) is 3.11. The molecule has 0 spiro atoms. The van der Waals surface area contributed by atoms with Gasteiger partial charge in [0.05, 0.1) is 11.4 Å². The molecule has 7 heteroatoms. The number of likely N-dealkylation sites (tertiary alicyclic amines) is 1. The van der Waals surface area contributed by atoms with E-state index in [1.165, 1.54) is 0 Å². The first-order chi connectivity index (χ1) is 6.93. The normalized spacial score (nSPS) is 18.0. The number of carbonyl (C=O) groups excluding carboxylic acids is 1. The molecular weight excluding hydrogens is 222 g/mol. The van der Waals surface area contributed by atoms with E-state index in [1.54, 1.807) is 0 Å². The first kappa shape index (κ1) is 11.6. The van der Waals surface area contributed by atoms with Gasteiger partial charge in [-0.2, -0.15) is 0 Å². The van der Waals surface area contributed by atoms with Gasteiger partial charge in [0.15, 0.2) is 0 Å². The Labute approximate surface area is 90.5 Å². The maximum atomic E-state index is 11.3. The van der Waals surface area contributed by atoms with E-state index in [0.29, 0.717) is 6.42 Å². The Hall–Kier alpha value is -1.50. The number of hydrogen-bond acceptors (Lipinski definition) is 4. The topological polar surface area (TPSA) is 94.9 Å². The lowest BCUT2D eigenvalue weighted by Crippen LogP contribution is -2.45. The minimum Gasteiger partial charge on any atom is -0.481 e. The maximum absolute atomic E-state index is 11.3. The summed E-state index contributed by atoms with van der Waals surface area (Å²) in [5.74, 6) is -3.05. The van der Waals surface area contributed by atoms with Gasteiger partial charge in [-0.25, -0.2) is 4.79 Å². The zero-order valence-electron chi connectivity index (χ0n) is 7.67. The van der Waals surface area contributed by atoms with Gasteiger partial charge in [-0.1, -0.05) is 12.2 Å². The largest absolute Gasteiger partial charge is 0.481 e. The molecule has 1 unspecified atom stereocenters. The SMILES string of the molecule is O=C(O)CC(C(=O)O)N1C(=O)CCC1=S. The van der Waals surface area contributed by atoms with Crippen LogP contribution >= 0.6 is 12.2 Å². The highest BCUT2D eigenvalue weighted by Gasteiger charge is 2.37. The van der Waals surface area contributed by atoms with Crippen LogP contribution in [0.15, 0.2) is 0 Å². The number of hydrogen-bond donors (Lipinski definition) is 2. The van der Waals surface area contributed by atoms with Gasteiger partial charge in [-0.15, -0.1) is 0 Å². The van der Waals surface area contributed by atoms with Crippen molar-refractivity contribution in [2.75, 3.05) is 0 Å². The number of rotatable bonds is 4. The number of nitrogens with zero attached hydrogens (tertiary/aromatic N) is 1. The summed E-state index contributed by atoms with van der Waals surface area (Å²) in [4.78, 5) is 33.6. The zero-order chi connectivity index (χ0) is 11.6. The number of carbonyl (C=O) groups is 3. The molecule has 1 aliphatic rings. The molecule has 6 nitrogen and oxygen atoms in total. The van der Waals surface area contributed by atoms with E-state index >= 15 is 0 Å². The van der Waals surface area contributed by atoms with Gasteiger partial charge in [0, 0.05) is 12.8 Å². The number of aliphatic carboxylic acids is 2. The summed E-state index contributed by atoms with van der Waals surface area (Å²) >= 11 is 4.81. The molecule has 1 atom stereocenters. The molecular formula is C8H9NO5S. The van der Waals surface area contributed by atoms with Crippen molar-refractivity contribution in [3.8, 4) is 0 Å². The number of carboxylic acid groups (broad SMARTS) is 2. The molecule has 1 saturated heterocycles. The maximum Gasteiger partial charge on any atom is 0.327 e. The molecule has 1 aliphatic heterocycles. The van der Waals surface area contributed by atoms with Crippen molar-refractivity contribution in [2.24, 2.45) is 0 Å². The third-order valence-corrected chi connectivity index (χ3v) is 2.46. The van der Waals surface area contributed by atoms with E-state index in [1.807, 2.05) is 0 Å². The van der Waals surface area contributed by atoms with Gasteiger partial charge in [0.1, 0.15) is 6.04 Å². The van der Waals surface area contributed by atoms with Crippen molar-refractivity contribution in [1.29, 1.82) is 0 Å². The van der Waals surface area contributed by atoms with E-state index in [2.05, 4.69) is 0 Å². The van der Waals surface area contributed by atoms with Crippen LogP contribution in [-0.4, -0.2) is 44.0 Å². The molecule has 1 fully saturated rings. The van der Waals surface area contributed by atoms with E-state index in [4.69, 9.17) is 22.4 Å². The van der Waals surface area contributed by atoms with Crippen LogP contribution in [0, 0.1) is 0 Å². The van der Waals surface area contributed by atoms with E-state index in [0.717, 1.165) is 4.90 Å². The fourth-order valence-corrected chi connectivity index (χ4v) is 1.73. The van der Waals surface area contributed by atoms with Crippen molar-refractivity contribution in [3.05, 3.63) is 0 Å². The first-order valence-electron chi connectivity index (χ1n) is 4.23. The molecule has 15 heavy (non-hydrogen) atoms. The molecule has 2 N–H and O–H groups in total. The van der Waals surface area contributed by atoms with Crippen LogP contribution in [0.5, 0.6) is 0 Å². The Bertz CT molecular complexity index is 324. The van der Waals surface area contributed by atoms with Crippen molar-refractivity contribution < 1.29 is 24.6 Å². The molecule has 82 valence electrons. The Morgan fingerprint density at radius 3 is 2.33 bits per heavy atom. The lowest BCUT2D eigenvalue weighted by atomic mass is 10.2. The molecule has 0 saturated carbocycles. The second kappa shape index (κ2) is 4.35. The Kier molecular flexibility index (Phi) is 3.35. The third kappa shape index (κ3) is 2.50. The van der Waals surface area contributed by atoms with Crippen molar-refractivity contribution in [2.45, 2.75) is 25.3 Å². The summed E-state index contributed by atoms with van der Waals surface area (Å²) in [5.41, 5.74) is 0. The van der Waals surface area contributed by atoms with Crippen molar-refractivity contribution >= 4 is 35.1 Å². The molecule has 0 radical (unpaired) electrons. The minimum absolute atomic E-state index is 0.155. The predicted molar refractivity (Wildman–Crippen MR) is 52.4 cm³/mol. The van der Waals surface area contributed by atoms with Crippen LogP contribution in [0.25, 0.3) is 0 Å². The summed E-state index contributed by atoms with van der Waals surface area (Å²) in [6.45, 7) is 0. The number of thiocarbonyl (C=S) groups is 1. The first-order valence-corrected chi connectivity index (χ1v) is 4.63. The molecule has 0 aromatic carbocycles. The average molecular weight is 231 g/mol. The van der Waals surface area contributed by atoms with Crippen LogP contribution in [-0.2, 0) is 14.4 Å². The monoisotopic (exact) mass is 231 g/mol. The number of carboxylic acids is 2. The minimum atomic E-state index is -1.38. The highest BCUT2D eigenvalue weighted by Crippen LogP contribution is 2.19. The van der Waals surface area contributed by atoms with E-state index < -0.39 is 30.3 Å². The zero-order valence-corrected chi connectivity index (χ0v) is 8.49. The summed E-state index contributed by atoms with van der Waals surface area (Å²) < 4.78 is 0. The van der Waals surface area contributed by atoms with Crippen LogP contribution in [0.4, 0.5) is 0 Å². The van der Waals surface area contributed by atoms with Crippen LogP contribution < -0.4 is 0 Å². The quantitative estimate of drug-likeness (QED) is 0.654. The van der Waals surface area contributed by atoms with Gasteiger partial charge in [-0.05, 0) is 0 Å². The van der Waals surface area contributed by atoms with Crippen LogP contribution in [0.2, 0.25) is 0 Å². The lowest BCUT2D eigenvalue weighted by Gasteiger charge is -2.22. The fourth-order valence-electron chi connectivity index (χ4n) is 1.40. The molecule has 0 aromatic heterocycles. The van der Waals surface area contributed by atoms with Gasteiger partial charge in [0.25, 0.3) is 0 Å². The third-order valence-electron chi connectivity index (χ3n) is 2.05. The summed E-state index contributed by atoms with van der Waals surface area (Å²) in [6.07, 6.45) is -0.166. The highest BCUT2D eigenvalue weighted by atomic mass is 32.1. The fraction of sp³-hybridized carbons (Fsp3) is 0.500. The van der Waals surface area contributed by atoms with Gasteiger partial charge >= 0.3 is 11.9 Å². The van der Waals surface area contributed by atoms with E-state index in [-0.39, 0.29) is 11.4 Å². The summed E-state index contributed by atoms with van der Waals surface area (Å²) in [5, 5.41) is 17.3. The lowest BCUT2D eigenvalue weighted by molar-refractivity contribution is -0.150. The van der Waals surface area contributed by atoms with Gasteiger partial charge in [0.2, 0.25) is 5.91 Å².